The van der Waals surface area contributed by atoms with Crippen LogP contribution < -0.4 is 31.9 Å². The summed E-state index contributed by atoms with van der Waals surface area (Å²) in [5.41, 5.74) is 0. The SMILES string of the molecule is CN[C@@H](CCCCNC(=O)CC[C@H](NC(=O)CC[C@H](CC(=O)COCCOCCNC(=O)COCCOCCNC(=O)CC[C@H](NC(=O)CCCCCCCCCCCCCCCCC(=O)O)C(=O)O)C(=O)O)C(=O)O)C(=O)N=PC. The van der Waals surface area contributed by atoms with Gasteiger partial charge < -0.3 is 71.3 Å². The van der Waals surface area contributed by atoms with Crippen LogP contribution in [0.4, 0.5) is 0 Å². The highest BCUT2D eigenvalue weighted by Crippen LogP contribution is 2.16. The number of carbonyl (C=O) groups is 11. The molecule has 0 unspecified atom stereocenters. The Morgan fingerprint density at radius 2 is 0.852 bits per heavy atom. The average molecular weight is 1180 g/mol. The first kappa shape index (κ1) is 75.5. The number of likely N-dealkylation sites (N-methyl/N-ethyl adjacent to an activating group) is 1. The second-order valence-corrected chi connectivity index (χ2v) is 20.1. The van der Waals surface area contributed by atoms with E-state index in [-0.39, 0.29) is 123 Å². The topological polar surface area (TPSA) is 390 Å². The summed E-state index contributed by atoms with van der Waals surface area (Å²) in [6.07, 6.45) is 15.4. The maximum Gasteiger partial charge on any atom is 0.326 e. The first-order valence-corrected chi connectivity index (χ1v) is 29.8. The van der Waals surface area contributed by atoms with Gasteiger partial charge >= 0.3 is 23.9 Å². The van der Waals surface area contributed by atoms with Crippen molar-refractivity contribution in [2.75, 3.05) is 86.2 Å². The third kappa shape index (κ3) is 46.7. The lowest BCUT2D eigenvalue weighted by atomic mass is 9.97. The molecule has 27 heteroatoms. The summed E-state index contributed by atoms with van der Waals surface area (Å²) >= 11 is 0. The van der Waals surface area contributed by atoms with Crippen molar-refractivity contribution in [3.8, 4) is 0 Å². The molecule has 0 saturated heterocycles. The van der Waals surface area contributed by atoms with Gasteiger partial charge in [0, 0.05) is 66.5 Å². The summed E-state index contributed by atoms with van der Waals surface area (Å²) in [5.74, 6) is -8.98. The molecule has 4 atom stereocenters. The van der Waals surface area contributed by atoms with Gasteiger partial charge in [-0.2, -0.15) is 4.74 Å². The van der Waals surface area contributed by atoms with E-state index in [0.717, 1.165) is 51.4 Å². The van der Waals surface area contributed by atoms with E-state index in [1.165, 1.54) is 32.1 Å². The number of Topliss-reactive ketones (excluding diaryl/α,β-unsaturated/α-hetero) is 1. The van der Waals surface area contributed by atoms with Gasteiger partial charge in [-0.1, -0.05) is 77.0 Å². The molecule has 0 aliphatic heterocycles. The van der Waals surface area contributed by atoms with E-state index in [0.29, 0.717) is 40.6 Å². The van der Waals surface area contributed by atoms with Gasteiger partial charge in [0.05, 0.1) is 51.6 Å². The van der Waals surface area contributed by atoms with E-state index in [4.69, 9.17) is 24.1 Å². The van der Waals surface area contributed by atoms with Crippen molar-refractivity contribution < 1.29 is 92.1 Å². The van der Waals surface area contributed by atoms with Crippen molar-refractivity contribution >= 4 is 73.5 Å². The highest BCUT2D eigenvalue weighted by Gasteiger charge is 2.26. The molecule has 0 aromatic heterocycles. The lowest BCUT2D eigenvalue weighted by Gasteiger charge is -2.16. The Morgan fingerprint density at radius 3 is 1.32 bits per heavy atom. The number of carbonyl (C=O) groups excluding carboxylic acids is 7. The van der Waals surface area contributed by atoms with Crippen molar-refractivity contribution in [1.29, 1.82) is 0 Å². The van der Waals surface area contributed by atoms with Crippen molar-refractivity contribution in [3.05, 3.63) is 0 Å². The van der Waals surface area contributed by atoms with E-state index in [9.17, 15) is 68.1 Å². The van der Waals surface area contributed by atoms with Crippen LogP contribution in [0, 0.1) is 5.92 Å². The number of nitrogens with one attached hydrogen (secondary N) is 6. The van der Waals surface area contributed by atoms with Crippen LogP contribution in [0.2, 0.25) is 0 Å². The number of aliphatic carboxylic acids is 4. The molecule has 0 aromatic rings. The number of amides is 6. The first-order chi connectivity index (χ1) is 38.9. The summed E-state index contributed by atoms with van der Waals surface area (Å²) in [6.45, 7) is 2.27. The Morgan fingerprint density at radius 1 is 0.420 bits per heavy atom. The Bertz CT molecular complexity index is 1880. The smallest absolute Gasteiger partial charge is 0.326 e. The lowest BCUT2D eigenvalue weighted by Crippen LogP contribution is -2.42. The summed E-state index contributed by atoms with van der Waals surface area (Å²) in [7, 11) is 2.28. The van der Waals surface area contributed by atoms with Crippen LogP contribution in [0.25, 0.3) is 0 Å². The first-order valence-electron chi connectivity index (χ1n) is 28.5. The minimum atomic E-state index is -1.40. The zero-order valence-corrected chi connectivity index (χ0v) is 48.7. The Balaban J connectivity index is 3.99. The molecule has 6 amide bonds. The zero-order chi connectivity index (χ0) is 60.3. The number of hydrogen-bond donors (Lipinski definition) is 10. The predicted octanol–water partition coefficient (Wildman–Crippen LogP) is 3.91. The van der Waals surface area contributed by atoms with Crippen molar-refractivity contribution in [3.63, 3.8) is 0 Å². The molecule has 0 rings (SSSR count). The van der Waals surface area contributed by atoms with Gasteiger partial charge in [0.1, 0.15) is 25.3 Å². The van der Waals surface area contributed by atoms with E-state index in [1.54, 1.807) is 13.7 Å². The molecule has 0 aliphatic rings. The standard InChI is InChI=1S/C54H94N7O19P/c1-55-42(51(70)61-81-2)19-17-18-28-56-45(63)26-23-44(54(75)76)60-48(66)25-22-40(52(71)72)37-41(62)38-79-35-33-78-32-30-58-49(67)39-80-36-34-77-31-29-57-46(64)27-24-43(53(73)74)59-47(65)20-15-13-11-9-7-5-3-4-6-8-10-12-14-16-21-50(68)69/h40,42-44,55H,3-39H2,1-2H3,(H,56,63)(H,57,64)(H,58,67)(H,59,65)(H,60,66)(H,68,69)(H,71,72)(H,73,74)(H,75,76)/t40-,42+,43+,44+/m1/s1. The number of nitrogens with zero attached hydrogens (tertiary/aromatic N) is 1. The fourth-order valence-corrected chi connectivity index (χ4v) is 8.37. The molecule has 26 nitrogen and oxygen atoms in total. The van der Waals surface area contributed by atoms with Gasteiger partial charge in [-0.05, 0) is 65.1 Å². The molecule has 0 spiro atoms. The molecule has 0 bridgehead atoms. The minimum Gasteiger partial charge on any atom is -0.481 e. The summed E-state index contributed by atoms with van der Waals surface area (Å²) in [5, 5.41) is 53.0. The molecule has 0 radical (unpaired) electrons. The van der Waals surface area contributed by atoms with Gasteiger partial charge in [0.15, 0.2) is 5.78 Å². The van der Waals surface area contributed by atoms with Crippen LogP contribution in [0.3, 0.4) is 0 Å². The quantitative estimate of drug-likeness (QED) is 0.0305. The van der Waals surface area contributed by atoms with Crippen LogP contribution in [0.5, 0.6) is 0 Å². The zero-order valence-electron chi connectivity index (χ0n) is 47.8. The molecule has 0 aromatic carbocycles. The van der Waals surface area contributed by atoms with E-state index < -0.39 is 90.4 Å². The summed E-state index contributed by atoms with van der Waals surface area (Å²) in [4.78, 5) is 132. The molecule has 0 aliphatic carbocycles. The average Bonchev–Trinajstić information content (AvgIpc) is 3.41. The van der Waals surface area contributed by atoms with Crippen molar-refractivity contribution in [1.82, 2.24) is 31.9 Å². The van der Waals surface area contributed by atoms with Gasteiger partial charge in [-0.15, -0.1) is 0 Å². The highest BCUT2D eigenvalue weighted by atomic mass is 31.1. The normalized spacial score (nSPS) is 12.7. The number of carboxylic acids is 4. The van der Waals surface area contributed by atoms with Crippen LogP contribution in [0.1, 0.15) is 167 Å². The van der Waals surface area contributed by atoms with Crippen LogP contribution in [-0.4, -0.2) is 190 Å². The van der Waals surface area contributed by atoms with E-state index >= 15 is 0 Å². The van der Waals surface area contributed by atoms with Gasteiger partial charge in [0.2, 0.25) is 29.5 Å². The third-order valence-electron chi connectivity index (χ3n) is 12.6. The van der Waals surface area contributed by atoms with Crippen LogP contribution in [-0.2, 0) is 71.7 Å². The van der Waals surface area contributed by atoms with Gasteiger partial charge in [0.25, 0.3) is 5.91 Å². The molecule has 0 saturated carbocycles. The maximum atomic E-state index is 12.5. The molecule has 0 heterocycles. The molecule has 0 fully saturated rings. The summed E-state index contributed by atoms with van der Waals surface area (Å²) < 4.78 is 25.1. The molecule has 81 heavy (non-hydrogen) atoms. The number of rotatable bonds is 56. The molecular weight excluding hydrogens is 1080 g/mol. The third-order valence-corrected chi connectivity index (χ3v) is 13.0. The van der Waals surface area contributed by atoms with Crippen molar-refractivity contribution in [2.24, 2.45) is 10.7 Å². The Labute approximate surface area is 478 Å². The van der Waals surface area contributed by atoms with Gasteiger partial charge in [-0.25, -0.2) is 9.59 Å². The summed E-state index contributed by atoms with van der Waals surface area (Å²) in [6, 6.07) is -2.99. The fourth-order valence-electron chi connectivity index (χ4n) is 8.04. The minimum absolute atomic E-state index is 0.00560. The Hall–Kier alpha value is -5.53. The number of ketones is 1. The highest BCUT2D eigenvalue weighted by molar-refractivity contribution is 7.26. The van der Waals surface area contributed by atoms with E-state index in [2.05, 4.69) is 36.6 Å². The Kier molecular flexibility index (Phi) is 47.9. The lowest BCUT2D eigenvalue weighted by molar-refractivity contribution is -0.145. The van der Waals surface area contributed by atoms with E-state index in [1.807, 2.05) is 0 Å². The largest absolute Gasteiger partial charge is 0.481 e. The number of unbranched alkanes of at least 4 members (excludes halogenated alkanes) is 14. The molecule has 464 valence electrons. The number of ether oxygens (including phenoxy) is 4. The fraction of sp³-hybridized carbons (Fsp3) is 0.796. The van der Waals surface area contributed by atoms with Gasteiger partial charge in [-0.3, -0.25) is 43.2 Å². The maximum absolute atomic E-state index is 12.5. The predicted molar refractivity (Wildman–Crippen MR) is 298 cm³/mol. The van der Waals surface area contributed by atoms with Crippen LogP contribution >= 0.6 is 8.37 Å². The number of carboxylic acid groups (broad SMARTS) is 4. The van der Waals surface area contributed by atoms with Crippen molar-refractivity contribution in [2.45, 2.75) is 185 Å². The molecular formula is C54H94N7O19P. The second kappa shape index (κ2) is 51.4. The monoisotopic (exact) mass is 1180 g/mol. The number of hydrogen-bond acceptors (Lipinski definition) is 16. The molecule has 10 N–H and O–H groups in total. The second-order valence-electron chi connectivity index (χ2n) is 19.5. The van der Waals surface area contributed by atoms with Crippen LogP contribution in [0.15, 0.2) is 4.74 Å².